The summed E-state index contributed by atoms with van der Waals surface area (Å²) in [4.78, 5) is 0. The van der Waals surface area contributed by atoms with E-state index < -0.39 is 0 Å². The Balaban J connectivity index is 2.92. The van der Waals surface area contributed by atoms with Gasteiger partial charge in [-0.15, -0.1) is 0 Å². The average molecular weight is 222 g/mol. The zero-order valence-electron chi connectivity index (χ0n) is 9.61. The molecule has 0 bridgehead atoms. The van der Waals surface area contributed by atoms with Crippen LogP contribution in [-0.2, 0) is 18.9 Å². The molecule has 5 nitrogen and oxygen atoms in total. The van der Waals surface area contributed by atoms with Gasteiger partial charge in [0.2, 0.25) is 0 Å². The maximum atomic E-state index is 8.66. The van der Waals surface area contributed by atoms with E-state index in [1.54, 1.807) is 7.11 Å². The lowest BCUT2D eigenvalue weighted by atomic mass is 10.4. The third-order valence-corrected chi connectivity index (χ3v) is 1.69. The van der Waals surface area contributed by atoms with Gasteiger partial charge in [-0.2, -0.15) is 0 Å². The van der Waals surface area contributed by atoms with Crippen LogP contribution >= 0.6 is 0 Å². The number of aliphatic hydroxyl groups is 1. The molecule has 0 amide bonds. The molecule has 0 aliphatic carbocycles. The van der Waals surface area contributed by atoms with Crippen LogP contribution in [0.2, 0.25) is 0 Å². The Labute approximate surface area is 91.3 Å². The van der Waals surface area contributed by atoms with E-state index in [0.29, 0.717) is 39.6 Å². The first-order valence-electron chi connectivity index (χ1n) is 5.18. The minimum atomic E-state index is -0.119. The van der Waals surface area contributed by atoms with Gasteiger partial charge in [0.15, 0.2) is 0 Å². The number of ether oxygens (including phenoxy) is 4. The summed E-state index contributed by atoms with van der Waals surface area (Å²) < 4.78 is 20.4. The number of aliphatic hydroxyl groups excluding tert-OH is 1. The van der Waals surface area contributed by atoms with Crippen LogP contribution in [-0.4, -0.2) is 64.6 Å². The third-order valence-electron chi connectivity index (χ3n) is 1.69. The highest BCUT2D eigenvalue weighted by Gasteiger charge is 1.98. The van der Waals surface area contributed by atoms with Crippen molar-refractivity contribution in [3.05, 3.63) is 0 Å². The number of methoxy groups -OCH3 is 1. The predicted octanol–water partition coefficient (Wildman–Crippen LogP) is 0.0634. The summed E-state index contributed by atoms with van der Waals surface area (Å²) >= 11 is 0. The molecule has 0 aromatic heterocycles. The molecule has 15 heavy (non-hydrogen) atoms. The van der Waals surface area contributed by atoms with Crippen LogP contribution in [0.3, 0.4) is 0 Å². The Bertz CT molecular complexity index is 120. The zero-order chi connectivity index (χ0) is 11.4. The van der Waals surface area contributed by atoms with Gasteiger partial charge in [-0.3, -0.25) is 0 Å². The Kier molecular flexibility index (Phi) is 11.7. The van der Waals surface area contributed by atoms with Crippen LogP contribution in [0.1, 0.15) is 6.92 Å². The highest BCUT2D eigenvalue weighted by Crippen LogP contribution is 1.88. The summed E-state index contributed by atoms with van der Waals surface area (Å²) in [5.74, 6) is 0. The molecule has 0 saturated heterocycles. The van der Waals surface area contributed by atoms with Gasteiger partial charge in [0.1, 0.15) is 0 Å². The van der Waals surface area contributed by atoms with Crippen molar-refractivity contribution in [3.8, 4) is 0 Å². The molecule has 1 N–H and O–H groups in total. The van der Waals surface area contributed by atoms with E-state index in [9.17, 15) is 0 Å². The predicted molar refractivity (Wildman–Crippen MR) is 56.0 cm³/mol. The van der Waals surface area contributed by atoms with Crippen LogP contribution in [0.15, 0.2) is 0 Å². The van der Waals surface area contributed by atoms with E-state index >= 15 is 0 Å². The van der Waals surface area contributed by atoms with Gasteiger partial charge in [0, 0.05) is 7.11 Å². The lowest BCUT2D eigenvalue weighted by Crippen LogP contribution is -2.17. The van der Waals surface area contributed by atoms with Gasteiger partial charge in [-0.25, -0.2) is 0 Å². The minimum absolute atomic E-state index is 0.0418. The fraction of sp³-hybridized carbons (Fsp3) is 1.00. The molecule has 5 heteroatoms. The summed E-state index contributed by atoms with van der Waals surface area (Å²) in [6, 6.07) is 0. The molecule has 1 atom stereocenters. The lowest BCUT2D eigenvalue weighted by molar-refractivity contribution is -0.0249. The lowest BCUT2D eigenvalue weighted by Gasteiger charge is -2.10. The van der Waals surface area contributed by atoms with Crippen LogP contribution in [0.5, 0.6) is 0 Å². The maximum Gasteiger partial charge on any atom is 0.0778 e. The molecular formula is C10H22O5. The van der Waals surface area contributed by atoms with Crippen LogP contribution in [0.25, 0.3) is 0 Å². The monoisotopic (exact) mass is 222 g/mol. The van der Waals surface area contributed by atoms with Crippen molar-refractivity contribution in [2.24, 2.45) is 0 Å². The third kappa shape index (κ3) is 11.7. The van der Waals surface area contributed by atoms with Gasteiger partial charge in [-0.05, 0) is 6.92 Å². The van der Waals surface area contributed by atoms with Crippen molar-refractivity contribution in [1.29, 1.82) is 0 Å². The molecule has 0 aromatic rings. The molecule has 0 aromatic carbocycles. The first-order chi connectivity index (χ1) is 7.31. The fourth-order valence-electron chi connectivity index (χ4n) is 0.825. The van der Waals surface area contributed by atoms with E-state index in [0.717, 1.165) is 0 Å². The first kappa shape index (κ1) is 14.8. The highest BCUT2D eigenvalue weighted by atomic mass is 16.6. The molecule has 0 rings (SSSR count). The van der Waals surface area contributed by atoms with Crippen LogP contribution in [0.4, 0.5) is 0 Å². The van der Waals surface area contributed by atoms with Crippen molar-refractivity contribution in [3.63, 3.8) is 0 Å². The second kappa shape index (κ2) is 11.9. The topological polar surface area (TPSA) is 57.2 Å². The smallest absolute Gasteiger partial charge is 0.0778 e. The van der Waals surface area contributed by atoms with Crippen molar-refractivity contribution in [2.75, 3.05) is 53.4 Å². The molecule has 0 heterocycles. The van der Waals surface area contributed by atoms with Gasteiger partial charge < -0.3 is 24.1 Å². The second-order valence-electron chi connectivity index (χ2n) is 3.08. The molecule has 92 valence electrons. The summed E-state index contributed by atoms with van der Waals surface area (Å²) in [6.45, 7) is 5.21. The summed E-state index contributed by atoms with van der Waals surface area (Å²) in [7, 11) is 1.64. The van der Waals surface area contributed by atoms with E-state index in [1.165, 1.54) is 0 Å². The van der Waals surface area contributed by atoms with Crippen molar-refractivity contribution in [2.45, 2.75) is 13.0 Å². The Morgan fingerprint density at radius 2 is 1.47 bits per heavy atom. The van der Waals surface area contributed by atoms with E-state index in [4.69, 9.17) is 24.1 Å². The Morgan fingerprint density at radius 1 is 0.933 bits per heavy atom. The molecule has 1 unspecified atom stereocenters. The largest absolute Gasteiger partial charge is 0.394 e. The number of hydrogen-bond acceptors (Lipinski definition) is 5. The molecular weight excluding hydrogens is 200 g/mol. The van der Waals surface area contributed by atoms with Gasteiger partial charge in [0.05, 0.1) is 52.4 Å². The molecule has 0 saturated carbocycles. The van der Waals surface area contributed by atoms with Crippen LogP contribution in [0, 0.1) is 0 Å². The van der Waals surface area contributed by atoms with Crippen molar-refractivity contribution >= 4 is 0 Å². The quantitative estimate of drug-likeness (QED) is 0.501. The molecule has 0 fully saturated rings. The highest BCUT2D eigenvalue weighted by molar-refractivity contribution is 4.43. The molecule has 0 radical (unpaired) electrons. The zero-order valence-corrected chi connectivity index (χ0v) is 9.61. The van der Waals surface area contributed by atoms with Crippen molar-refractivity contribution in [1.82, 2.24) is 0 Å². The average Bonchev–Trinajstić information content (AvgIpc) is 2.26. The Morgan fingerprint density at radius 3 is 2.00 bits per heavy atom. The number of hydrogen-bond donors (Lipinski definition) is 1. The Hall–Kier alpha value is -0.200. The number of rotatable bonds is 11. The standard InChI is InChI=1S/C10H22O5/c1-10(9-11)15-8-7-14-6-5-13-4-3-12-2/h10-11H,3-9H2,1-2H3. The van der Waals surface area contributed by atoms with Crippen molar-refractivity contribution < 1.29 is 24.1 Å². The summed E-state index contributed by atoms with van der Waals surface area (Å²) in [5, 5.41) is 8.66. The van der Waals surface area contributed by atoms with Gasteiger partial charge in [-0.1, -0.05) is 0 Å². The van der Waals surface area contributed by atoms with Gasteiger partial charge >= 0.3 is 0 Å². The van der Waals surface area contributed by atoms with E-state index in [1.807, 2.05) is 6.92 Å². The molecule has 0 aliphatic rings. The van der Waals surface area contributed by atoms with Gasteiger partial charge in [0.25, 0.3) is 0 Å². The van der Waals surface area contributed by atoms with E-state index in [2.05, 4.69) is 0 Å². The SMILES string of the molecule is COCCOCCOCCOC(C)CO. The fourth-order valence-corrected chi connectivity index (χ4v) is 0.825. The maximum absolute atomic E-state index is 8.66. The molecule has 0 aliphatic heterocycles. The van der Waals surface area contributed by atoms with E-state index in [-0.39, 0.29) is 12.7 Å². The van der Waals surface area contributed by atoms with Crippen LogP contribution < -0.4 is 0 Å². The summed E-state index contributed by atoms with van der Waals surface area (Å²) in [6.07, 6.45) is -0.119. The normalized spacial score (nSPS) is 13.0. The summed E-state index contributed by atoms with van der Waals surface area (Å²) in [5.41, 5.74) is 0. The molecule has 0 spiro atoms. The minimum Gasteiger partial charge on any atom is -0.394 e. The second-order valence-corrected chi connectivity index (χ2v) is 3.08. The first-order valence-corrected chi connectivity index (χ1v) is 5.18.